The third kappa shape index (κ3) is 2.58. The van der Waals surface area contributed by atoms with Gasteiger partial charge in [0.25, 0.3) is 0 Å². The molecule has 0 radical (unpaired) electrons. The van der Waals surface area contributed by atoms with Crippen molar-refractivity contribution in [1.29, 1.82) is 0 Å². The summed E-state index contributed by atoms with van der Waals surface area (Å²) in [5.74, 6) is -1.89. The number of carbonyl (C=O) groups is 1. The summed E-state index contributed by atoms with van der Waals surface area (Å²) in [6, 6.07) is 5.29. The molecule has 1 nitrogen and oxygen atoms in total. The van der Waals surface area contributed by atoms with Gasteiger partial charge in [-0.15, -0.1) is 11.3 Å². The van der Waals surface area contributed by atoms with Crippen molar-refractivity contribution >= 4 is 17.1 Å². The first-order valence-corrected chi connectivity index (χ1v) is 5.97. The minimum Gasteiger partial charge on any atom is -0.294 e. The molecule has 4 heteroatoms. The number of benzene rings is 1. The Morgan fingerprint density at radius 2 is 2.00 bits per heavy atom. The van der Waals surface area contributed by atoms with Gasteiger partial charge in [0.2, 0.25) is 0 Å². The van der Waals surface area contributed by atoms with E-state index in [4.69, 9.17) is 0 Å². The first-order valence-electron chi connectivity index (χ1n) is 5.09. The van der Waals surface area contributed by atoms with Crippen molar-refractivity contribution < 1.29 is 13.6 Å². The Morgan fingerprint density at radius 3 is 2.59 bits per heavy atom. The molecule has 0 fully saturated rings. The molecule has 1 aromatic heterocycles. The number of halogens is 2. The molecule has 1 heterocycles. The molecule has 17 heavy (non-hydrogen) atoms. The zero-order valence-corrected chi connectivity index (χ0v) is 9.98. The van der Waals surface area contributed by atoms with Gasteiger partial charge in [0, 0.05) is 16.9 Å². The molecule has 0 atom stereocenters. The topological polar surface area (TPSA) is 17.1 Å². The maximum atomic E-state index is 13.0. The lowest BCUT2D eigenvalue weighted by Gasteiger charge is -2.01. The Hall–Kier alpha value is -1.55. The average molecular weight is 252 g/mol. The van der Waals surface area contributed by atoms with Crippen LogP contribution in [0.4, 0.5) is 8.78 Å². The molecule has 88 valence electrons. The molecule has 0 amide bonds. The number of hydrogen-bond acceptors (Lipinski definition) is 2. The Labute approximate surface area is 102 Å². The highest BCUT2D eigenvalue weighted by molar-refractivity contribution is 7.10. The van der Waals surface area contributed by atoms with E-state index >= 15 is 0 Å². The van der Waals surface area contributed by atoms with Crippen LogP contribution in [0.2, 0.25) is 0 Å². The molecular weight excluding hydrogens is 242 g/mol. The van der Waals surface area contributed by atoms with Crippen LogP contribution >= 0.6 is 11.3 Å². The van der Waals surface area contributed by atoms with E-state index in [1.54, 1.807) is 6.07 Å². The van der Waals surface area contributed by atoms with Crippen molar-refractivity contribution in [1.82, 2.24) is 0 Å². The van der Waals surface area contributed by atoms with Gasteiger partial charge >= 0.3 is 0 Å². The van der Waals surface area contributed by atoms with E-state index < -0.39 is 11.6 Å². The second-order valence-corrected chi connectivity index (χ2v) is 4.86. The molecule has 0 saturated carbocycles. The molecule has 1 aromatic carbocycles. The van der Waals surface area contributed by atoms with Crippen molar-refractivity contribution in [3.8, 4) is 0 Å². The molecule has 0 bridgehead atoms. The minimum atomic E-state index is -0.919. The smallest absolute Gasteiger partial charge is 0.168 e. The Morgan fingerprint density at radius 1 is 1.24 bits per heavy atom. The molecule has 2 rings (SSSR count). The van der Waals surface area contributed by atoms with Crippen LogP contribution in [0.15, 0.2) is 29.6 Å². The van der Waals surface area contributed by atoms with E-state index in [1.165, 1.54) is 17.4 Å². The predicted molar refractivity (Wildman–Crippen MR) is 63.4 cm³/mol. The van der Waals surface area contributed by atoms with Gasteiger partial charge in [0.1, 0.15) is 0 Å². The van der Waals surface area contributed by atoms with Gasteiger partial charge < -0.3 is 0 Å². The molecule has 2 aromatic rings. The SMILES string of the molecule is Cc1sccc1C(=O)Cc1ccc(F)c(F)c1. The van der Waals surface area contributed by atoms with E-state index in [0.717, 1.165) is 17.0 Å². The fraction of sp³-hybridized carbons (Fsp3) is 0.154. The van der Waals surface area contributed by atoms with Crippen LogP contribution in [0.5, 0.6) is 0 Å². The Bertz CT molecular complexity index is 560. The van der Waals surface area contributed by atoms with E-state index in [0.29, 0.717) is 11.1 Å². The number of ketones is 1. The first-order chi connectivity index (χ1) is 8.08. The Balaban J connectivity index is 2.19. The lowest BCUT2D eigenvalue weighted by molar-refractivity contribution is 0.0993. The van der Waals surface area contributed by atoms with Crippen molar-refractivity contribution in [2.24, 2.45) is 0 Å². The van der Waals surface area contributed by atoms with E-state index in [2.05, 4.69) is 0 Å². The second kappa shape index (κ2) is 4.75. The van der Waals surface area contributed by atoms with Crippen molar-refractivity contribution in [2.75, 3.05) is 0 Å². The molecule has 0 N–H and O–H groups in total. The van der Waals surface area contributed by atoms with E-state index in [1.807, 2.05) is 12.3 Å². The quantitative estimate of drug-likeness (QED) is 0.760. The van der Waals surface area contributed by atoms with Gasteiger partial charge in [-0.25, -0.2) is 8.78 Å². The minimum absolute atomic E-state index is 0.0743. The maximum Gasteiger partial charge on any atom is 0.168 e. The summed E-state index contributed by atoms with van der Waals surface area (Å²) in [5, 5.41) is 1.84. The first kappa shape index (κ1) is 11.9. The second-order valence-electron chi connectivity index (χ2n) is 3.74. The van der Waals surface area contributed by atoms with Gasteiger partial charge in [-0.3, -0.25) is 4.79 Å². The summed E-state index contributed by atoms with van der Waals surface area (Å²) in [5.41, 5.74) is 1.14. The van der Waals surface area contributed by atoms with E-state index in [9.17, 15) is 13.6 Å². The predicted octanol–water partition coefficient (Wildman–Crippen LogP) is 3.76. The van der Waals surface area contributed by atoms with Gasteiger partial charge in [-0.1, -0.05) is 6.07 Å². The van der Waals surface area contributed by atoms with Crippen LogP contribution in [-0.2, 0) is 6.42 Å². The Kier molecular flexibility index (Phi) is 3.33. The summed E-state index contributed by atoms with van der Waals surface area (Å²) in [6.45, 7) is 1.86. The van der Waals surface area contributed by atoms with Crippen LogP contribution in [0.1, 0.15) is 20.8 Å². The number of Topliss-reactive ketones (excluding diaryl/α,β-unsaturated/α-hetero) is 1. The highest BCUT2D eigenvalue weighted by atomic mass is 32.1. The number of aryl methyl sites for hydroxylation is 1. The van der Waals surface area contributed by atoms with Gasteiger partial charge in [0.05, 0.1) is 0 Å². The largest absolute Gasteiger partial charge is 0.294 e. The van der Waals surface area contributed by atoms with Crippen LogP contribution in [0.25, 0.3) is 0 Å². The highest BCUT2D eigenvalue weighted by Gasteiger charge is 2.12. The van der Waals surface area contributed by atoms with Gasteiger partial charge in [-0.05, 0) is 36.1 Å². The van der Waals surface area contributed by atoms with Crippen molar-refractivity contribution in [3.05, 3.63) is 57.3 Å². The average Bonchev–Trinajstić information content (AvgIpc) is 2.70. The van der Waals surface area contributed by atoms with E-state index in [-0.39, 0.29) is 12.2 Å². The van der Waals surface area contributed by atoms with Crippen molar-refractivity contribution in [3.63, 3.8) is 0 Å². The summed E-state index contributed by atoms with van der Waals surface area (Å²) >= 11 is 1.49. The molecule has 0 aliphatic carbocycles. The zero-order chi connectivity index (χ0) is 12.4. The normalized spacial score (nSPS) is 10.5. The molecule has 0 spiro atoms. The highest BCUT2D eigenvalue weighted by Crippen LogP contribution is 2.18. The van der Waals surface area contributed by atoms with Gasteiger partial charge in [-0.2, -0.15) is 0 Å². The van der Waals surface area contributed by atoms with Gasteiger partial charge in [0.15, 0.2) is 17.4 Å². The zero-order valence-electron chi connectivity index (χ0n) is 9.17. The van der Waals surface area contributed by atoms with Crippen LogP contribution < -0.4 is 0 Å². The van der Waals surface area contributed by atoms with Crippen molar-refractivity contribution in [2.45, 2.75) is 13.3 Å². The number of hydrogen-bond donors (Lipinski definition) is 0. The monoisotopic (exact) mass is 252 g/mol. The molecule has 0 saturated heterocycles. The summed E-state index contributed by atoms with van der Waals surface area (Å²) in [6.07, 6.45) is 0.0920. The summed E-state index contributed by atoms with van der Waals surface area (Å²) in [7, 11) is 0. The van der Waals surface area contributed by atoms with Crippen LogP contribution in [0.3, 0.4) is 0 Å². The fourth-order valence-corrected chi connectivity index (χ4v) is 2.32. The fourth-order valence-electron chi connectivity index (χ4n) is 1.60. The number of rotatable bonds is 3. The van der Waals surface area contributed by atoms with Crippen LogP contribution in [-0.4, -0.2) is 5.78 Å². The molecule has 0 unspecified atom stereocenters. The molecule has 0 aliphatic rings. The molecular formula is C13H10F2OS. The number of thiophene rings is 1. The third-order valence-corrected chi connectivity index (χ3v) is 3.35. The summed E-state index contributed by atoms with van der Waals surface area (Å²) in [4.78, 5) is 12.8. The third-order valence-electron chi connectivity index (χ3n) is 2.51. The summed E-state index contributed by atoms with van der Waals surface area (Å²) < 4.78 is 25.7. The molecule has 0 aliphatic heterocycles. The van der Waals surface area contributed by atoms with Crippen LogP contribution in [0, 0.1) is 18.6 Å². The standard InChI is InChI=1S/C13H10F2OS/c1-8-10(4-5-17-8)13(16)7-9-2-3-11(14)12(15)6-9/h2-6H,7H2,1H3. The lowest BCUT2D eigenvalue weighted by Crippen LogP contribution is -2.04. The lowest BCUT2D eigenvalue weighted by atomic mass is 10.0. The maximum absolute atomic E-state index is 13.0. The number of carbonyl (C=O) groups excluding carboxylic acids is 1.